The Kier molecular flexibility index (Phi) is 112. The molecule has 728 valence electrons. The summed E-state index contributed by atoms with van der Waals surface area (Å²) in [7, 11) is 8.38. The predicted octanol–water partition coefficient (Wildman–Crippen LogP) is 38.7. The van der Waals surface area contributed by atoms with E-state index < -0.39 is 7.82 Å². The minimum absolute atomic E-state index is 0.886. The second-order valence-electron chi connectivity index (χ2n) is 40.0. The Hall–Kier alpha value is -1.57. The van der Waals surface area contributed by atoms with Gasteiger partial charge in [0.2, 0.25) is 0 Å². The molecular weight excluding hydrogens is 1510 g/mol. The van der Waals surface area contributed by atoms with Gasteiger partial charge in [-0.05, 0) is 114 Å². The van der Waals surface area contributed by atoms with Crippen molar-refractivity contribution in [1.82, 2.24) is 0 Å². The van der Waals surface area contributed by atoms with Gasteiger partial charge in [-0.3, -0.25) is 13.4 Å². The monoisotopic (exact) mass is 1730 g/mol. The Labute approximate surface area is 771 Å². The molecule has 0 atom stereocenters. The first-order valence-corrected chi connectivity index (χ1v) is 57.1. The number of hydrogen-bond acceptors (Lipinski definition) is 4. The minimum Gasteiger partial charge on any atom is -0.822 e. The highest BCUT2D eigenvalue weighted by atomic mass is 31.2. The second-order valence-corrected chi connectivity index (χ2v) is 40.8. The van der Waals surface area contributed by atoms with Gasteiger partial charge >= 0.3 is 0 Å². The Morgan fingerprint density at radius 1 is 0.148 bits per heavy atom. The van der Waals surface area contributed by atoms with E-state index in [4.69, 9.17) is 19.2 Å². The maximum absolute atomic E-state index is 8.55. The number of unbranched alkanes of at least 4 members (excludes halogenated alkanes) is 84. The van der Waals surface area contributed by atoms with Crippen LogP contribution >= 0.6 is 7.82 Å². The van der Waals surface area contributed by atoms with Crippen LogP contribution in [0.15, 0.2) is 73.7 Å². The predicted molar refractivity (Wildman–Crippen MR) is 548 cm³/mol. The van der Waals surface area contributed by atoms with Crippen LogP contribution in [0.2, 0.25) is 0 Å². The van der Waals surface area contributed by atoms with Gasteiger partial charge in [-0.1, -0.05) is 542 Å². The van der Waals surface area contributed by atoms with Crippen molar-refractivity contribution < 1.29 is 32.7 Å². The van der Waals surface area contributed by atoms with Crippen molar-refractivity contribution in [2.45, 2.75) is 619 Å². The van der Waals surface area contributed by atoms with Crippen LogP contribution in [-0.2, 0) is 4.57 Å². The summed E-state index contributed by atoms with van der Waals surface area (Å²) >= 11 is 0. The van der Waals surface area contributed by atoms with E-state index in [2.05, 4.69) is 157 Å². The third kappa shape index (κ3) is 129. The highest BCUT2D eigenvalue weighted by molar-refractivity contribution is 7.40. The zero-order valence-electron chi connectivity index (χ0n) is 86.0. The summed E-state index contributed by atoms with van der Waals surface area (Å²) in [5.41, 5.74) is 0. The standard InChI is InChI=1S/3C38H76N.H3O4P/c3*1-5-7-9-11-13-15-17-19-21-23-25-27-29-31-33-35-37-39(3,4)38-36-34-32-30-28-26-24-22-20-18-16-14-12-10-8-6-2;1-5(2,3)4/h3*35-38H,5-34H2,1-4H3;(H3,1,2,3,4)/q3*+1;/p-3. The van der Waals surface area contributed by atoms with E-state index in [0.717, 1.165) is 13.4 Å². The van der Waals surface area contributed by atoms with Gasteiger partial charge in [-0.25, -0.2) is 0 Å². The number of allylic oxidation sites excluding steroid dienone is 6. The van der Waals surface area contributed by atoms with Crippen molar-refractivity contribution in [3.63, 3.8) is 0 Å². The van der Waals surface area contributed by atoms with Crippen LogP contribution in [-0.4, -0.2) is 55.7 Å². The van der Waals surface area contributed by atoms with Gasteiger partial charge in [0.15, 0.2) is 0 Å². The van der Waals surface area contributed by atoms with Crippen molar-refractivity contribution in [1.29, 1.82) is 0 Å². The molecule has 0 rings (SSSR count). The fourth-order valence-electron chi connectivity index (χ4n) is 17.0. The highest BCUT2D eigenvalue weighted by Crippen LogP contribution is 2.23. The molecule has 0 aliphatic heterocycles. The molecular formula is C114H228N3O4P. The molecule has 0 saturated carbocycles. The summed E-state index contributed by atoms with van der Waals surface area (Å²) < 4.78 is 11.2. The second kappa shape index (κ2) is 108. The molecule has 0 bridgehead atoms. The summed E-state index contributed by atoms with van der Waals surface area (Å²) in [6.45, 7) is 13.8. The van der Waals surface area contributed by atoms with Gasteiger partial charge in [0.25, 0.3) is 0 Å². The number of rotatable bonds is 96. The topological polar surface area (TPSA) is 86.2 Å². The van der Waals surface area contributed by atoms with Gasteiger partial charge in [-0.15, -0.1) is 0 Å². The van der Waals surface area contributed by atoms with E-state index in [9.17, 15) is 0 Å². The highest BCUT2D eigenvalue weighted by Gasteiger charge is 2.09. The average Bonchev–Trinajstić information content (AvgIpc) is 0.950. The van der Waals surface area contributed by atoms with Crippen molar-refractivity contribution in [2.24, 2.45) is 0 Å². The summed E-state index contributed by atoms with van der Waals surface area (Å²) in [5, 5.41) is 0. The van der Waals surface area contributed by atoms with E-state index in [1.165, 1.54) is 578 Å². The SMILES string of the molecule is CCCCCCCCCCCCCCCCC=C[N+](C)(C)C=CCCCCCCCCCCCCCCCC.CCCCCCCCCCCCCCCCC=C[N+](C)(C)C=CCCCCCCCCCCCCCCCC.CCCCCCCCCCCCCCCCC=C[N+](C)(C)C=CCCCCCCCCCCCCCCCC.O=P([O-])([O-])[O-]. The van der Waals surface area contributed by atoms with Crippen molar-refractivity contribution >= 4 is 7.82 Å². The van der Waals surface area contributed by atoms with Crippen LogP contribution in [0.25, 0.3) is 0 Å². The van der Waals surface area contributed by atoms with Gasteiger partial charge in [0, 0.05) is 0 Å². The number of quaternary nitrogens is 3. The minimum atomic E-state index is -5.39. The van der Waals surface area contributed by atoms with Crippen LogP contribution in [0, 0.1) is 0 Å². The fraction of sp³-hybridized carbons (Fsp3) is 0.895. The third-order valence-corrected chi connectivity index (χ3v) is 25.3. The smallest absolute Gasteiger partial charge is 0.0959 e. The maximum atomic E-state index is 8.55. The summed E-state index contributed by atoms with van der Waals surface area (Å²) in [6, 6.07) is 0. The molecule has 122 heavy (non-hydrogen) atoms. The number of nitrogens with zero attached hydrogens (tertiary/aromatic N) is 3. The van der Waals surface area contributed by atoms with Gasteiger partial charge in [0.05, 0.1) is 79.5 Å². The lowest BCUT2D eigenvalue weighted by atomic mass is 10.0. The van der Waals surface area contributed by atoms with Crippen LogP contribution in [0.3, 0.4) is 0 Å². The first-order chi connectivity index (χ1) is 59.4. The van der Waals surface area contributed by atoms with Crippen LogP contribution < -0.4 is 14.7 Å². The fourth-order valence-corrected chi connectivity index (χ4v) is 17.0. The van der Waals surface area contributed by atoms with Crippen molar-refractivity contribution in [3.8, 4) is 0 Å². The molecule has 0 N–H and O–H groups in total. The van der Waals surface area contributed by atoms with Crippen LogP contribution in [0.1, 0.15) is 619 Å². The molecule has 0 unspecified atom stereocenters. The average molecular weight is 1740 g/mol. The zero-order valence-corrected chi connectivity index (χ0v) is 86.9. The molecule has 0 radical (unpaired) electrons. The number of hydrogen-bond donors (Lipinski definition) is 0. The molecule has 0 aromatic heterocycles. The lowest BCUT2D eigenvalue weighted by Gasteiger charge is -2.36. The normalized spacial score (nSPS) is 12.4. The molecule has 7 nitrogen and oxygen atoms in total. The van der Waals surface area contributed by atoms with E-state index in [-0.39, 0.29) is 0 Å². The lowest BCUT2D eigenvalue weighted by Crippen LogP contribution is -2.25. The van der Waals surface area contributed by atoms with E-state index in [0.29, 0.717) is 0 Å². The molecule has 0 fully saturated rings. The van der Waals surface area contributed by atoms with Gasteiger partial charge < -0.3 is 19.2 Å². The molecule has 0 aliphatic carbocycles. The Bertz CT molecular complexity index is 1780. The Morgan fingerprint density at radius 3 is 0.287 bits per heavy atom. The quantitative estimate of drug-likeness (QED) is 0.0345. The summed E-state index contributed by atoms with van der Waals surface area (Å²) in [5.74, 6) is 0. The largest absolute Gasteiger partial charge is 0.822 e. The summed E-state index contributed by atoms with van der Waals surface area (Å²) in [6.07, 6.45) is 157. The number of phosphoric acid groups is 1. The molecule has 0 spiro atoms. The zero-order chi connectivity index (χ0) is 90.1. The lowest BCUT2D eigenvalue weighted by molar-refractivity contribution is -0.784. The molecule has 0 aliphatic rings. The van der Waals surface area contributed by atoms with Crippen molar-refractivity contribution in [3.05, 3.63) is 73.7 Å². The van der Waals surface area contributed by atoms with E-state index in [1.807, 2.05) is 0 Å². The first-order valence-electron chi connectivity index (χ1n) is 55.7. The molecule has 0 heterocycles. The van der Waals surface area contributed by atoms with Crippen molar-refractivity contribution in [2.75, 3.05) is 42.3 Å². The first kappa shape index (κ1) is 127. The van der Waals surface area contributed by atoms with E-state index in [1.54, 1.807) is 0 Å². The van der Waals surface area contributed by atoms with Gasteiger partial charge in [-0.2, -0.15) is 7.82 Å². The summed E-state index contributed by atoms with van der Waals surface area (Å²) in [4.78, 5) is 25.6. The Balaban J connectivity index is -0.000000831. The molecule has 0 aromatic carbocycles. The maximum Gasteiger partial charge on any atom is 0.0959 e. The molecule has 0 amide bonds. The molecule has 8 heteroatoms. The third-order valence-electron chi connectivity index (χ3n) is 25.3. The van der Waals surface area contributed by atoms with Crippen LogP contribution in [0.4, 0.5) is 0 Å². The van der Waals surface area contributed by atoms with E-state index >= 15 is 0 Å². The van der Waals surface area contributed by atoms with Gasteiger partial charge in [0.1, 0.15) is 0 Å². The van der Waals surface area contributed by atoms with Crippen LogP contribution in [0.5, 0.6) is 0 Å². The molecule has 0 aromatic rings. The molecule has 0 saturated heterocycles. The Morgan fingerprint density at radius 2 is 0.213 bits per heavy atom.